The molecule has 0 bridgehead atoms. The first-order chi connectivity index (χ1) is 17.6. The highest BCUT2D eigenvalue weighted by atomic mass is 35.5. The van der Waals surface area contributed by atoms with Crippen LogP contribution in [0.25, 0.3) is 0 Å². The molecule has 7 nitrogen and oxygen atoms in total. The number of benzene rings is 2. The summed E-state index contributed by atoms with van der Waals surface area (Å²) in [5.74, 6) is -0.435. The molecule has 0 aliphatic heterocycles. The van der Waals surface area contributed by atoms with E-state index in [0.29, 0.717) is 15.7 Å². The third kappa shape index (κ3) is 8.62. The molecule has 202 valence electrons. The third-order valence-corrected chi connectivity index (χ3v) is 8.46. The molecule has 1 unspecified atom stereocenters. The molecule has 2 aromatic rings. The van der Waals surface area contributed by atoms with Gasteiger partial charge in [0.1, 0.15) is 6.04 Å². The fraction of sp³-hybridized carbons (Fsp3) is 0.481. The summed E-state index contributed by atoms with van der Waals surface area (Å²) in [6.45, 7) is 2.01. The van der Waals surface area contributed by atoms with E-state index in [9.17, 15) is 18.0 Å². The van der Waals surface area contributed by atoms with Gasteiger partial charge in [0.2, 0.25) is 21.8 Å². The van der Waals surface area contributed by atoms with Crippen LogP contribution in [0.4, 0.5) is 5.69 Å². The monoisotopic (exact) mass is 567 g/mol. The summed E-state index contributed by atoms with van der Waals surface area (Å²) in [6.07, 6.45) is 6.71. The van der Waals surface area contributed by atoms with Crippen molar-refractivity contribution in [1.29, 1.82) is 0 Å². The average molecular weight is 569 g/mol. The lowest BCUT2D eigenvalue weighted by Gasteiger charge is -2.31. The van der Waals surface area contributed by atoms with E-state index in [-0.39, 0.29) is 43.8 Å². The first-order valence-corrected chi connectivity index (χ1v) is 15.2. The molecule has 2 amide bonds. The van der Waals surface area contributed by atoms with Crippen LogP contribution in [0.3, 0.4) is 0 Å². The van der Waals surface area contributed by atoms with Crippen molar-refractivity contribution in [2.45, 2.75) is 70.5 Å². The topological polar surface area (TPSA) is 86.8 Å². The van der Waals surface area contributed by atoms with Crippen LogP contribution >= 0.6 is 23.2 Å². The van der Waals surface area contributed by atoms with Crippen LogP contribution in [0, 0.1) is 0 Å². The molecular formula is C27H35Cl2N3O4S. The van der Waals surface area contributed by atoms with Gasteiger partial charge in [0.05, 0.1) is 11.9 Å². The molecule has 0 aromatic heterocycles. The normalized spacial score (nSPS) is 15.1. The van der Waals surface area contributed by atoms with Crippen LogP contribution in [-0.4, -0.2) is 50.0 Å². The fourth-order valence-corrected chi connectivity index (χ4v) is 5.93. The van der Waals surface area contributed by atoms with Crippen molar-refractivity contribution in [1.82, 2.24) is 10.2 Å². The van der Waals surface area contributed by atoms with E-state index in [1.807, 2.05) is 18.2 Å². The maximum atomic E-state index is 13.4. The number of nitrogens with zero attached hydrogens (tertiary/aromatic N) is 2. The third-order valence-electron chi connectivity index (χ3n) is 6.67. The molecule has 3 rings (SSSR count). The zero-order valence-corrected chi connectivity index (χ0v) is 23.7. The Kier molecular flexibility index (Phi) is 10.7. The Morgan fingerprint density at radius 1 is 1.05 bits per heavy atom. The minimum atomic E-state index is -3.59. The standard InChI is InChI=1S/C27H35Cl2N3O4S/c1-20(27(34)30-23-12-4-3-5-13-23)31(19-21-10-6-7-15-25(21)29)26(33)16-9-17-32(37(2,35)36)24-14-8-11-22(28)18-24/h6-8,10-11,14-15,18,20,23H,3-5,9,12-13,16-17,19H2,1-2H3,(H,30,34). The van der Waals surface area contributed by atoms with Crippen LogP contribution in [-0.2, 0) is 26.2 Å². The number of halogens is 2. The fourth-order valence-electron chi connectivity index (χ4n) is 4.60. The number of carbonyl (C=O) groups is 2. The molecule has 1 N–H and O–H groups in total. The van der Waals surface area contributed by atoms with Crippen molar-refractivity contribution >= 4 is 50.7 Å². The molecular weight excluding hydrogens is 533 g/mol. The number of nitrogens with one attached hydrogen (secondary N) is 1. The smallest absolute Gasteiger partial charge is 0.242 e. The Hall–Kier alpha value is -2.29. The molecule has 0 radical (unpaired) electrons. The molecule has 1 aliphatic carbocycles. The number of amides is 2. The van der Waals surface area contributed by atoms with Gasteiger partial charge < -0.3 is 10.2 Å². The van der Waals surface area contributed by atoms with E-state index in [1.165, 1.54) is 15.6 Å². The van der Waals surface area contributed by atoms with Gasteiger partial charge in [-0.1, -0.05) is 66.7 Å². The lowest BCUT2D eigenvalue weighted by Crippen LogP contribution is -2.50. The van der Waals surface area contributed by atoms with Crippen molar-refractivity contribution in [2.75, 3.05) is 17.1 Å². The van der Waals surface area contributed by atoms with Crippen molar-refractivity contribution < 1.29 is 18.0 Å². The Labute approximate surface area is 230 Å². The van der Waals surface area contributed by atoms with Gasteiger partial charge in [-0.2, -0.15) is 0 Å². The number of hydrogen-bond acceptors (Lipinski definition) is 4. The first-order valence-electron chi connectivity index (χ1n) is 12.6. The highest BCUT2D eigenvalue weighted by Crippen LogP contribution is 2.24. The van der Waals surface area contributed by atoms with E-state index in [4.69, 9.17) is 23.2 Å². The predicted octanol–water partition coefficient (Wildman–Crippen LogP) is 5.41. The summed E-state index contributed by atoms with van der Waals surface area (Å²) in [5, 5.41) is 4.05. The SMILES string of the molecule is CC(C(=O)NC1CCCCC1)N(Cc1ccccc1Cl)C(=O)CCCN(c1cccc(Cl)c1)S(C)(=O)=O. The van der Waals surface area contributed by atoms with Crippen LogP contribution in [0.1, 0.15) is 57.4 Å². The van der Waals surface area contributed by atoms with Gasteiger partial charge in [0, 0.05) is 35.6 Å². The van der Waals surface area contributed by atoms with E-state index in [0.717, 1.165) is 37.5 Å². The molecule has 37 heavy (non-hydrogen) atoms. The molecule has 1 aliphatic rings. The van der Waals surface area contributed by atoms with Gasteiger partial charge in [0.15, 0.2) is 0 Å². The van der Waals surface area contributed by atoms with Gasteiger partial charge in [-0.3, -0.25) is 13.9 Å². The average Bonchev–Trinajstić information content (AvgIpc) is 2.85. The molecule has 0 spiro atoms. The quantitative estimate of drug-likeness (QED) is 0.393. The summed E-state index contributed by atoms with van der Waals surface area (Å²) in [7, 11) is -3.59. The number of sulfonamides is 1. The maximum absolute atomic E-state index is 13.4. The molecule has 1 atom stereocenters. The lowest BCUT2D eigenvalue weighted by molar-refractivity contribution is -0.141. The van der Waals surface area contributed by atoms with Crippen LogP contribution in [0.2, 0.25) is 10.0 Å². The Morgan fingerprint density at radius 3 is 2.41 bits per heavy atom. The second-order valence-electron chi connectivity index (χ2n) is 9.55. The van der Waals surface area contributed by atoms with E-state index in [1.54, 1.807) is 37.3 Å². The van der Waals surface area contributed by atoms with E-state index < -0.39 is 16.1 Å². The zero-order chi connectivity index (χ0) is 27.0. The van der Waals surface area contributed by atoms with Crippen molar-refractivity contribution in [3.63, 3.8) is 0 Å². The molecule has 0 heterocycles. The predicted molar refractivity (Wildman–Crippen MR) is 149 cm³/mol. The van der Waals surface area contributed by atoms with E-state index in [2.05, 4.69) is 5.32 Å². The number of rotatable bonds is 11. The number of carbonyl (C=O) groups excluding carboxylic acids is 2. The summed E-state index contributed by atoms with van der Waals surface area (Å²) in [4.78, 5) is 28.1. The molecule has 10 heteroatoms. The second-order valence-corrected chi connectivity index (χ2v) is 12.3. The number of anilines is 1. The summed E-state index contributed by atoms with van der Waals surface area (Å²) in [5.41, 5.74) is 1.18. The largest absolute Gasteiger partial charge is 0.352 e. The zero-order valence-electron chi connectivity index (χ0n) is 21.3. The molecule has 1 fully saturated rings. The highest BCUT2D eigenvalue weighted by Gasteiger charge is 2.29. The van der Waals surface area contributed by atoms with Gasteiger partial charge in [-0.05, 0) is 56.0 Å². The highest BCUT2D eigenvalue weighted by molar-refractivity contribution is 7.92. The maximum Gasteiger partial charge on any atom is 0.242 e. The van der Waals surface area contributed by atoms with Crippen molar-refractivity contribution in [2.24, 2.45) is 0 Å². The Balaban J connectivity index is 1.72. The van der Waals surface area contributed by atoms with Crippen LogP contribution < -0.4 is 9.62 Å². The van der Waals surface area contributed by atoms with Crippen LogP contribution in [0.15, 0.2) is 48.5 Å². The first kappa shape index (κ1) is 29.3. The summed E-state index contributed by atoms with van der Waals surface area (Å²) < 4.78 is 26.1. The van der Waals surface area contributed by atoms with Gasteiger partial charge in [-0.15, -0.1) is 0 Å². The van der Waals surface area contributed by atoms with Crippen LogP contribution in [0.5, 0.6) is 0 Å². The molecule has 0 saturated heterocycles. The molecule has 2 aromatic carbocycles. The Morgan fingerprint density at radius 2 is 1.76 bits per heavy atom. The van der Waals surface area contributed by atoms with Gasteiger partial charge in [-0.25, -0.2) is 8.42 Å². The summed E-state index contributed by atoms with van der Waals surface area (Å²) in [6, 6.07) is 13.2. The lowest BCUT2D eigenvalue weighted by atomic mass is 9.95. The van der Waals surface area contributed by atoms with Gasteiger partial charge in [0.25, 0.3) is 0 Å². The van der Waals surface area contributed by atoms with Crippen molar-refractivity contribution in [3.05, 3.63) is 64.1 Å². The Bertz CT molecular complexity index is 1190. The molecule has 1 saturated carbocycles. The van der Waals surface area contributed by atoms with Gasteiger partial charge >= 0.3 is 0 Å². The number of hydrogen-bond donors (Lipinski definition) is 1. The minimum Gasteiger partial charge on any atom is -0.352 e. The minimum absolute atomic E-state index is 0.0675. The second kappa shape index (κ2) is 13.5. The van der Waals surface area contributed by atoms with E-state index >= 15 is 0 Å². The summed E-state index contributed by atoms with van der Waals surface area (Å²) >= 11 is 12.4. The van der Waals surface area contributed by atoms with Crippen molar-refractivity contribution in [3.8, 4) is 0 Å².